The monoisotopic (exact) mass is 515 g/mol. The van der Waals surface area contributed by atoms with Gasteiger partial charge in [-0.3, -0.25) is 4.79 Å². The molecule has 4 rings (SSSR count). The predicted molar refractivity (Wildman–Crippen MR) is 130 cm³/mol. The average molecular weight is 516 g/mol. The van der Waals surface area contributed by atoms with Crippen LogP contribution in [0.2, 0.25) is 0 Å². The molecule has 0 amide bonds. The lowest BCUT2D eigenvalue weighted by atomic mass is 9.92. The summed E-state index contributed by atoms with van der Waals surface area (Å²) < 4.78 is 49.3. The lowest BCUT2D eigenvalue weighted by Crippen LogP contribution is -2.12. The summed E-state index contributed by atoms with van der Waals surface area (Å²) in [5, 5.41) is 13.2. The molecule has 1 aromatic heterocycles. The lowest BCUT2D eigenvalue weighted by molar-refractivity contribution is -0.138. The Bertz CT molecular complexity index is 1230. The Morgan fingerprint density at radius 3 is 2.50 bits per heavy atom. The van der Waals surface area contributed by atoms with Crippen LogP contribution in [0.15, 0.2) is 92.9 Å². The molecule has 0 fully saturated rings. The van der Waals surface area contributed by atoms with Crippen LogP contribution in [-0.2, 0) is 11.0 Å². The van der Waals surface area contributed by atoms with Gasteiger partial charge in [0.15, 0.2) is 0 Å². The fourth-order valence-corrected chi connectivity index (χ4v) is 4.80. The summed E-state index contributed by atoms with van der Waals surface area (Å²) in [6.07, 6.45) is 1.88. The first kappa shape index (κ1) is 25.6. The van der Waals surface area contributed by atoms with Crippen molar-refractivity contribution in [2.75, 3.05) is 6.61 Å². The van der Waals surface area contributed by atoms with E-state index >= 15 is 0 Å². The number of alkyl halides is 3. The van der Waals surface area contributed by atoms with Crippen LogP contribution in [0.25, 0.3) is 0 Å². The third kappa shape index (κ3) is 6.60. The number of carboxylic acid groups (broad SMARTS) is 1. The molecule has 0 spiro atoms. The number of benzene rings is 2. The summed E-state index contributed by atoms with van der Waals surface area (Å²) in [4.78, 5) is 13.0. The first-order chi connectivity index (χ1) is 17.2. The van der Waals surface area contributed by atoms with E-state index in [1.54, 1.807) is 18.2 Å². The molecule has 0 saturated heterocycles. The molecule has 1 aliphatic carbocycles. The Morgan fingerprint density at radius 1 is 1.17 bits per heavy atom. The third-order valence-electron chi connectivity index (χ3n) is 5.93. The molecule has 1 aliphatic rings. The highest BCUT2D eigenvalue weighted by Crippen LogP contribution is 2.36. The van der Waals surface area contributed by atoms with Gasteiger partial charge >= 0.3 is 12.1 Å². The van der Waals surface area contributed by atoms with Crippen molar-refractivity contribution in [3.63, 3.8) is 0 Å². The minimum Gasteiger partial charge on any atom is -0.489 e. The van der Waals surface area contributed by atoms with Crippen molar-refractivity contribution < 1.29 is 32.3 Å². The highest BCUT2D eigenvalue weighted by Gasteiger charge is 2.30. The molecule has 0 aliphatic heterocycles. The van der Waals surface area contributed by atoms with Gasteiger partial charge in [0.05, 0.1) is 17.7 Å². The summed E-state index contributed by atoms with van der Waals surface area (Å²) in [5.74, 6) is -0.438. The van der Waals surface area contributed by atoms with E-state index in [1.807, 2.05) is 18.2 Å². The van der Waals surface area contributed by atoms with E-state index in [2.05, 4.69) is 18.2 Å². The van der Waals surface area contributed by atoms with Gasteiger partial charge < -0.3 is 14.4 Å². The lowest BCUT2D eigenvalue weighted by Gasteiger charge is -2.21. The van der Waals surface area contributed by atoms with E-state index in [0.29, 0.717) is 18.1 Å². The quantitative estimate of drug-likeness (QED) is 0.322. The minimum absolute atomic E-state index is 0.108. The van der Waals surface area contributed by atoms with Gasteiger partial charge in [-0.2, -0.15) is 13.2 Å². The molecular weight excluding hydrogens is 491 g/mol. The number of nitrogens with zero attached hydrogens (tertiary/aromatic N) is 1. The smallest absolute Gasteiger partial charge is 0.416 e. The Morgan fingerprint density at radius 2 is 1.89 bits per heavy atom. The van der Waals surface area contributed by atoms with Crippen LogP contribution in [0, 0.1) is 5.92 Å². The van der Waals surface area contributed by atoms with Crippen molar-refractivity contribution in [1.29, 1.82) is 0 Å². The van der Waals surface area contributed by atoms with E-state index in [4.69, 9.17) is 9.26 Å². The van der Waals surface area contributed by atoms with Gasteiger partial charge in [-0.1, -0.05) is 42.1 Å². The Hall–Kier alpha value is -3.46. The highest BCUT2D eigenvalue weighted by atomic mass is 32.2. The van der Waals surface area contributed by atoms with Crippen LogP contribution in [0.5, 0.6) is 5.75 Å². The topological polar surface area (TPSA) is 72.6 Å². The molecule has 2 atom stereocenters. The Labute approximate surface area is 210 Å². The Balaban J connectivity index is 1.39. The van der Waals surface area contributed by atoms with Gasteiger partial charge in [-0.25, -0.2) is 0 Å². The molecule has 1 heterocycles. The molecule has 36 heavy (non-hydrogen) atoms. The van der Waals surface area contributed by atoms with E-state index in [1.165, 1.54) is 30.2 Å². The van der Waals surface area contributed by atoms with Crippen molar-refractivity contribution in [2.45, 2.75) is 36.8 Å². The second-order valence-corrected chi connectivity index (χ2v) is 9.67. The number of thioether (sulfide) groups is 1. The number of carboxylic acids is 1. The number of carbonyl (C=O) groups is 1. The maximum atomic E-state index is 12.8. The van der Waals surface area contributed by atoms with Crippen LogP contribution >= 0.6 is 11.8 Å². The van der Waals surface area contributed by atoms with Crippen molar-refractivity contribution in [1.82, 2.24) is 5.16 Å². The number of rotatable bonds is 9. The number of aromatic nitrogens is 1. The molecule has 0 saturated carbocycles. The van der Waals surface area contributed by atoms with Gasteiger partial charge in [0.2, 0.25) is 0 Å². The molecular formula is C27H24F3NO4S. The average Bonchev–Trinajstić information content (AvgIpc) is 3.38. The standard InChI is InChI=1S/C27H24F3NO4S/c1-17-2-9-23(36-22-10-5-20(6-11-22)27(28,29)30)14-19(17)16-34-21-7-3-18(4-8-21)24(15-26(32)33)25-12-13-35-31-25/h3-14,17,24H,2,15-16H2,1H3,(H,32,33)/t17?,24-/m0/s1. The highest BCUT2D eigenvalue weighted by molar-refractivity contribution is 8.03. The van der Waals surface area contributed by atoms with Crippen molar-refractivity contribution >= 4 is 17.7 Å². The zero-order chi connectivity index (χ0) is 25.7. The first-order valence-electron chi connectivity index (χ1n) is 11.3. The molecule has 1 unspecified atom stereocenters. The maximum absolute atomic E-state index is 12.8. The van der Waals surface area contributed by atoms with Gasteiger partial charge in [0.1, 0.15) is 18.6 Å². The van der Waals surface area contributed by atoms with Gasteiger partial charge in [0.25, 0.3) is 0 Å². The van der Waals surface area contributed by atoms with Crippen LogP contribution in [0.1, 0.15) is 42.5 Å². The normalized spacial score (nSPS) is 16.7. The number of hydrogen-bond acceptors (Lipinski definition) is 5. The number of allylic oxidation sites excluding steroid dienone is 2. The first-order valence-corrected chi connectivity index (χ1v) is 12.1. The van der Waals surface area contributed by atoms with E-state index in [-0.39, 0.29) is 12.3 Å². The van der Waals surface area contributed by atoms with Gasteiger partial charge in [-0.15, -0.1) is 0 Å². The second-order valence-electron chi connectivity index (χ2n) is 8.52. The molecule has 0 radical (unpaired) electrons. The van der Waals surface area contributed by atoms with Crippen LogP contribution in [-0.4, -0.2) is 22.8 Å². The minimum atomic E-state index is -4.35. The summed E-state index contributed by atoms with van der Waals surface area (Å²) in [5.41, 5.74) is 1.77. The van der Waals surface area contributed by atoms with Gasteiger partial charge in [0, 0.05) is 21.8 Å². The molecule has 5 nitrogen and oxygen atoms in total. The van der Waals surface area contributed by atoms with Crippen molar-refractivity contribution in [3.05, 3.63) is 100 Å². The summed E-state index contributed by atoms with van der Waals surface area (Å²) in [6.45, 7) is 2.47. The van der Waals surface area contributed by atoms with Crippen LogP contribution in [0.3, 0.4) is 0 Å². The summed E-state index contributed by atoms with van der Waals surface area (Å²) in [7, 11) is 0. The SMILES string of the molecule is CC1CC=C(Sc2ccc(C(F)(F)F)cc2)C=C1COc1ccc([C@H](CC(=O)O)c2ccon2)cc1. The van der Waals surface area contributed by atoms with Crippen molar-refractivity contribution in [2.24, 2.45) is 5.92 Å². The molecule has 9 heteroatoms. The predicted octanol–water partition coefficient (Wildman–Crippen LogP) is 7.32. The van der Waals surface area contributed by atoms with E-state index in [0.717, 1.165) is 39.5 Å². The molecule has 2 aromatic carbocycles. The van der Waals surface area contributed by atoms with Crippen molar-refractivity contribution in [3.8, 4) is 5.75 Å². The molecule has 1 N–H and O–H groups in total. The third-order valence-corrected chi connectivity index (χ3v) is 6.96. The van der Waals surface area contributed by atoms with Gasteiger partial charge in [-0.05, 0) is 65.9 Å². The maximum Gasteiger partial charge on any atom is 0.416 e. The zero-order valence-corrected chi connectivity index (χ0v) is 20.2. The largest absolute Gasteiger partial charge is 0.489 e. The molecule has 188 valence electrons. The molecule has 0 bridgehead atoms. The molecule has 3 aromatic rings. The van der Waals surface area contributed by atoms with E-state index < -0.39 is 23.6 Å². The Kier molecular flexibility index (Phi) is 7.88. The number of aliphatic carboxylic acids is 1. The van der Waals surface area contributed by atoms with Crippen LogP contribution < -0.4 is 4.74 Å². The van der Waals surface area contributed by atoms with E-state index in [9.17, 15) is 23.1 Å². The number of ether oxygens (including phenoxy) is 1. The fraction of sp³-hybridized carbons (Fsp3) is 0.259. The summed E-state index contributed by atoms with van der Waals surface area (Å²) >= 11 is 1.42. The van der Waals surface area contributed by atoms with Crippen LogP contribution in [0.4, 0.5) is 13.2 Å². The number of hydrogen-bond donors (Lipinski definition) is 1. The second kappa shape index (κ2) is 11.1. The zero-order valence-electron chi connectivity index (χ0n) is 19.4. The fourth-order valence-electron chi connectivity index (χ4n) is 3.86. The number of halogens is 3. The summed E-state index contributed by atoms with van der Waals surface area (Å²) in [6, 6.07) is 14.0.